The van der Waals surface area contributed by atoms with Crippen LogP contribution in [0.5, 0.6) is 5.75 Å². The Morgan fingerprint density at radius 1 is 1.00 bits per heavy atom. The molecule has 0 N–H and O–H groups in total. The molecule has 3 aliphatic carbocycles. The molecule has 0 aromatic carbocycles. The van der Waals surface area contributed by atoms with Crippen LogP contribution in [0, 0.1) is 41.9 Å². The smallest absolute Gasteiger partial charge is 0.343 e. The lowest BCUT2D eigenvalue weighted by Gasteiger charge is -2.66. The molecule has 1 aliphatic heterocycles. The van der Waals surface area contributed by atoms with Crippen LogP contribution in [0.3, 0.4) is 0 Å². The van der Waals surface area contributed by atoms with Crippen LogP contribution >= 0.6 is 0 Å². The number of Topliss-reactive ketones (excluding diaryl/α,β-unsaturated/α-hetero) is 1. The van der Waals surface area contributed by atoms with E-state index in [4.69, 9.17) is 9.15 Å². The number of carbonyl (C=O) groups is 1. The molecule has 4 nitrogen and oxygen atoms in total. The Kier molecular flexibility index (Phi) is 4.17. The van der Waals surface area contributed by atoms with Crippen LogP contribution in [0.2, 0.25) is 0 Å². The van der Waals surface area contributed by atoms with Crippen LogP contribution in [0.25, 0.3) is 0 Å². The van der Waals surface area contributed by atoms with Crippen LogP contribution in [0.1, 0.15) is 83.6 Å². The SMILES string of the molecule is CC1=CCC2C3(C)CCC(=O)C(C)(C)C3CCC2(C)C12Cc1c(c(C)c(C)oc1=O)O2. The first-order chi connectivity index (χ1) is 14.4. The van der Waals surface area contributed by atoms with Gasteiger partial charge in [0.05, 0.1) is 5.56 Å². The molecule has 4 heteroatoms. The Balaban J connectivity index is 1.65. The summed E-state index contributed by atoms with van der Waals surface area (Å²) in [6.45, 7) is 15.2. The first kappa shape index (κ1) is 21.0. The van der Waals surface area contributed by atoms with E-state index in [2.05, 4.69) is 40.7 Å². The van der Waals surface area contributed by atoms with Gasteiger partial charge >= 0.3 is 5.63 Å². The third kappa shape index (κ3) is 2.37. The van der Waals surface area contributed by atoms with Crippen LogP contribution in [-0.2, 0) is 11.2 Å². The van der Waals surface area contributed by atoms with Gasteiger partial charge in [0, 0.05) is 29.2 Å². The molecule has 5 rings (SSSR count). The lowest BCUT2D eigenvalue weighted by atomic mass is 9.38. The summed E-state index contributed by atoms with van der Waals surface area (Å²) in [4.78, 5) is 25.6. The van der Waals surface area contributed by atoms with Gasteiger partial charge in [-0.05, 0) is 69.3 Å². The van der Waals surface area contributed by atoms with Gasteiger partial charge in [0.1, 0.15) is 22.9 Å². The fourth-order valence-electron chi connectivity index (χ4n) is 8.32. The van der Waals surface area contributed by atoms with Crippen molar-refractivity contribution in [3.8, 4) is 5.75 Å². The van der Waals surface area contributed by atoms with E-state index in [1.54, 1.807) is 0 Å². The molecule has 0 saturated heterocycles. The zero-order valence-corrected chi connectivity index (χ0v) is 20.1. The molecule has 2 fully saturated rings. The van der Waals surface area contributed by atoms with Crippen molar-refractivity contribution in [2.45, 2.75) is 92.6 Å². The number of fused-ring (bicyclic) bond motifs is 5. The second-order valence-electron chi connectivity index (χ2n) is 11.8. The van der Waals surface area contributed by atoms with E-state index in [1.807, 2.05) is 13.8 Å². The number of hydrogen-bond donors (Lipinski definition) is 0. The first-order valence-electron chi connectivity index (χ1n) is 11.9. The van der Waals surface area contributed by atoms with E-state index in [1.165, 1.54) is 5.57 Å². The molecule has 1 aromatic rings. The van der Waals surface area contributed by atoms with E-state index in [-0.39, 0.29) is 21.9 Å². The third-order valence-corrected chi connectivity index (χ3v) is 10.4. The summed E-state index contributed by atoms with van der Waals surface area (Å²) in [6.07, 6.45) is 7.64. The number of aryl methyl sites for hydroxylation is 1. The van der Waals surface area contributed by atoms with Gasteiger partial charge in [-0.25, -0.2) is 4.79 Å². The predicted octanol–water partition coefficient (Wildman–Crippen LogP) is 5.71. The van der Waals surface area contributed by atoms with Gasteiger partial charge in [0.25, 0.3) is 0 Å². The molecule has 0 amide bonds. The number of allylic oxidation sites excluding steroid dienone is 1. The minimum absolute atomic E-state index is 0.0857. The predicted molar refractivity (Wildman–Crippen MR) is 120 cm³/mol. The van der Waals surface area contributed by atoms with E-state index in [9.17, 15) is 9.59 Å². The van der Waals surface area contributed by atoms with E-state index in [0.717, 1.165) is 37.0 Å². The summed E-state index contributed by atoms with van der Waals surface area (Å²) in [5, 5.41) is 0. The van der Waals surface area contributed by atoms with Crippen LogP contribution < -0.4 is 10.4 Å². The summed E-state index contributed by atoms with van der Waals surface area (Å²) in [5.41, 5.74) is 1.84. The maximum atomic E-state index is 12.8. The highest BCUT2D eigenvalue weighted by molar-refractivity contribution is 5.85. The normalized spacial score (nSPS) is 40.6. The summed E-state index contributed by atoms with van der Waals surface area (Å²) < 4.78 is 12.5. The second-order valence-corrected chi connectivity index (χ2v) is 11.8. The Morgan fingerprint density at radius 2 is 1.71 bits per heavy atom. The van der Waals surface area contributed by atoms with Crippen LogP contribution in [0.15, 0.2) is 20.9 Å². The van der Waals surface area contributed by atoms with Gasteiger partial charge in [-0.3, -0.25) is 4.79 Å². The molecule has 1 aromatic heterocycles. The molecular formula is C27H36O4. The average molecular weight is 425 g/mol. The minimum Gasteiger partial charge on any atom is -0.481 e. The Hall–Kier alpha value is -1.84. The van der Waals surface area contributed by atoms with Gasteiger partial charge in [-0.15, -0.1) is 0 Å². The number of carbonyl (C=O) groups excluding carboxylic acids is 1. The fraction of sp³-hybridized carbons (Fsp3) is 0.704. The van der Waals surface area contributed by atoms with Gasteiger partial charge in [0.2, 0.25) is 0 Å². The number of rotatable bonds is 0. The topological polar surface area (TPSA) is 56.5 Å². The van der Waals surface area contributed by atoms with Crippen molar-refractivity contribution >= 4 is 5.78 Å². The summed E-state index contributed by atoms with van der Waals surface area (Å²) in [6, 6.07) is 0. The van der Waals surface area contributed by atoms with E-state index in [0.29, 0.717) is 41.8 Å². The molecule has 0 radical (unpaired) electrons. The molecule has 5 atom stereocenters. The second kappa shape index (κ2) is 6.14. The Labute approximate surface area is 185 Å². The van der Waals surface area contributed by atoms with Crippen molar-refractivity contribution in [1.82, 2.24) is 0 Å². The van der Waals surface area contributed by atoms with Crippen LogP contribution in [-0.4, -0.2) is 11.4 Å². The maximum Gasteiger partial charge on any atom is 0.343 e. The molecule has 2 heterocycles. The molecule has 1 spiro atoms. The standard InChI is InChI=1S/C27H36O4/c1-15-8-9-20-25(6)12-11-21(28)24(4,5)19(25)10-13-26(20,7)27(15)14-18-22(31-27)16(2)17(3)30-23(18)29/h8,19-20H,9-14H2,1-7H3. The van der Waals surface area contributed by atoms with Crippen molar-refractivity contribution in [2.75, 3.05) is 0 Å². The van der Waals surface area contributed by atoms with Crippen LogP contribution in [0.4, 0.5) is 0 Å². The van der Waals surface area contributed by atoms with Crippen molar-refractivity contribution < 1.29 is 13.9 Å². The third-order valence-electron chi connectivity index (χ3n) is 10.4. The molecule has 31 heavy (non-hydrogen) atoms. The van der Waals surface area contributed by atoms with Crippen molar-refractivity contribution in [1.29, 1.82) is 0 Å². The zero-order chi connectivity index (χ0) is 22.6. The largest absolute Gasteiger partial charge is 0.481 e. The quantitative estimate of drug-likeness (QED) is 0.501. The molecule has 4 aliphatic rings. The molecular weight excluding hydrogens is 388 g/mol. The summed E-state index contributed by atoms with van der Waals surface area (Å²) in [7, 11) is 0. The van der Waals surface area contributed by atoms with E-state index >= 15 is 0 Å². The zero-order valence-electron chi connectivity index (χ0n) is 20.1. The van der Waals surface area contributed by atoms with Crippen molar-refractivity contribution in [3.63, 3.8) is 0 Å². The monoisotopic (exact) mass is 424 g/mol. The Morgan fingerprint density at radius 3 is 2.42 bits per heavy atom. The molecule has 0 bridgehead atoms. The average Bonchev–Trinajstić information content (AvgIpc) is 3.11. The first-order valence-corrected chi connectivity index (χ1v) is 11.9. The highest BCUT2D eigenvalue weighted by Gasteiger charge is 2.68. The maximum absolute atomic E-state index is 12.8. The number of hydrogen-bond acceptors (Lipinski definition) is 4. The fourth-order valence-corrected chi connectivity index (χ4v) is 8.32. The van der Waals surface area contributed by atoms with Gasteiger partial charge < -0.3 is 9.15 Å². The molecule has 168 valence electrons. The Bertz CT molecular complexity index is 1080. The molecule has 2 saturated carbocycles. The lowest BCUT2D eigenvalue weighted by Crippen LogP contribution is -2.66. The summed E-state index contributed by atoms with van der Waals surface area (Å²) >= 11 is 0. The minimum atomic E-state index is -0.509. The lowest BCUT2D eigenvalue weighted by molar-refractivity contribution is -0.185. The van der Waals surface area contributed by atoms with Crippen molar-refractivity contribution in [3.05, 3.63) is 39.0 Å². The van der Waals surface area contributed by atoms with Gasteiger partial charge in [-0.1, -0.05) is 33.8 Å². The highest BCUT2D eigenvalue weighted by atomic mass is 16.5. The van der Waals surface area contributed by atoms with E-state index < -0.39 is 5.60 Å². The number of ether oxygens (including phenoxy) is 1. The number of ketones is 1. The highest BCUT2D eigenvalue weighted by Crippen LogP contribution is 2.70. The summed E-state index contributed by atoms with van der Waals surface area (Å²) in [5.74, 6) is 2.61. The van der Waals surface area contributed by atoms with Crippen molar-refractivity contribution in [2.24, 2.45) is 28.1 Å². The van der Waals surface area contributed by atoms with Gasteiger partial charge in [0.15, 0.2) is 0 Å². The van der Waals surface area contributed by atoms with Gasteiger partial charge in [-0.2, -0.15) is 0 Å². The molecule has 5 unspecified atom stereocenters.